The van der Waals surface area contributed by atoms with E-state index in [9.17, 15) is 4.79 Å². The lowest BCUT2D eigenvalue weighted by Crippen LogP contribution is -2.26. The van der Waals surface area contributed by atoms with Gasteiger partial charge in [0.15, 0.2) is 0 Å². The summed E-state index contributed by atoms with van der Waals surface area (Å²) in [5.41, 5.74) is 3.77. The van der Waals surface area contributed by atoms with Crippen LogP contribution in [0.1, 0.15) is 27.2 Å². The first-order chi connectivity index (χ1) is 10.1. The highest BCUT2D eigenvalue weighted by atomic mass is 16.5. The van der Waals surface area contributed by atoms with Crippen molar-refractivity contribution in [3.63, 3.8) is 0 Å². The van der Waals surface area contributed by atoms with Gasteiger partial charge in [-0.15, -0.1) is 0 Å². The third kappa shape index (κ3) is 3.78. The topological polar surface area (TPSA) is 64.1 Å². The van der Waals surface area contributed by atoms with Crippen LogP contribution in [0.4, 0.5) is 0 Å². The van der Waals surface area contributed by atoms with Gasteiger partial charge >= 0.3 is 0 Å². The molecule has 1 aromatic heterocycles. The minimum Gasteiger partial charge on any atom is -0.496 e. The number of hydrogen-bond donors (Lipinski definition) is 1. The van der Waals surface area contributed by atoms with Gasteiger partial charge in [-0.25, -0.2) is 4.98 Å². The number of ether oxygens (including phenoxy) is 1. The second-order valence-electron chi connectivity index (χ2n) is 4.86. The number of amides is 1. The molecule has 0 saturated heterocycles. The van der Waals surface area contributed by atoms with Gasteiger partial charge in [0.25, 0.3) is 5.91 Å². The van der Waals surface area contributed by atoms with Crippen molar-refractivity contribution in [1.29, 1.82) is 0 Å². The van der Waals surface area contributed by atoms with E-state index >= 15 is 0 Å². The van der Waals surface area contributed by atoms with E-state index in [0.29, 0.717) is 18.7 Å². The van der Waals surface area contributed by atoms with Gasteiger partial charge in [0, 0.05) is 18.9 Å². The van der Waals surface area contributed by atoms with Crippen LogP contribution in [-0.2, 0) is 6.42 Å². The van der Waals surface area contributed by atoms with Crippen LogP contribution in [0.15, 0.2) is 30.7 Å². The molecule has 0 aliphatic heterocycles. The molecule has 0 spiro atoms. The third-order valence-corrected chi connectivity index (χ3v) is 3.25. The number of benzene rings is 1. The van der Waals surface area contributed by atoms with E-state index in [4.69, 9.17) is 4.74 Å². The van der Waals surface area contributed by atoms with Crippen LogP contribution < -0.4 is 10.1 Å². The van der Waals surface area contributed by atoms with E-state index in [2.05, 4.69) is 28.3 Å². The Morgan fingerprint density at radius 1 is 1.29 bits per heavy atom. The number of nitrogens with zero attached hydrogens (tertiary/aromatic N) is 2. The van der Waals surface area contributed by atoms with Gasteiger partial charge < -0.3 is 10.1 Å². The van der Waals surface area contributed by atoms with Gasteiger partial charge in [-0.05, 0) is 43.0 Å². The van der Waals surface area contributed by atoms with Gasteiger partial charge in [0.1, 0.15) is 11.4 Å². The number of rotatable bonds is 5. The molecular weight excluding hydrogens is 266 g/mol. The molecule has 0 aliphatic rings. The summed E-state index contributed by atoms with van der Waals surface area (Å²) in [6, 6.07) is 4.12. The molecule has 5 nitrogen and oxygen atoms in total. The van der Waals surface area contributed by atoms with Crippen LogP contribution in [0.3, 0.4) is 0 Å². The zero-order chi connectivity index (χ0) is 15.2. The number of carbonyl (C=O) groups excluding carboxylic acids is 1. The SMILES string of the molecule is COc1cc(C)cc(C)c1CCNC(=O)c1cnccn1. The maximum Gasteiger partial charge on any atom is 0.271 e. The Morgan fingerprint density at radius 3 is 2.76 bits per heavy atom. The number of methoxy groups -OCH3 is 1. The largest absolute Gasteiger partial charge is 0.496 e. The number of hydrogen-bond acceptors (Lipinski definition) is 4. The molecule has 0 saturated carbocycles. The van der Waals surface area contributed by atoms with E-state index in [0.717, 1.165) is 16.9 Å². The molecule has 0 fully saturated rings. The van der Waals surface area contributed by atoms with Crippen LogP contribution in [0.2, 0.25) is 0 Å². The van der Waals surface area contributed by atoms with Crippen molar-refractivity contribution in [3.05, 3.63) is 53.1 Å². The zero-order valence-corrected chi connectivity index (χ0v) is 12.5. The predicted molar refractivity (Wildman–Crippen MR) is 80.5 cm³/mol. The molecule has 0 unspecified atom stereocenters. The summed E-state index contributed by atoms with van der Waals surface area (Å²) in [7, 11) is 1.66. The highest BCUT2D eigenvalue weighted by molar-refractivity contribution is 5.91. The van der Waals surface area contributed by atoms with Crippen LogP contribution >= 0.6 is 0 Å². The Hall–Kier alpha value is -2.43. The van der Waals surface area contributed by atoms with Crippen molar-refractivity contribution in [2.75, 3.05) is 13.7 Å². The number of aryl methyl sites for hydroxylation is 2. The summed E-state index contributed by atoms with van der Waals surface area (Å²) in [5.74, 6) is 0.646. The highest BCUT2D eigenvalue weighted by Gasteiger charge is 2.10. The summed E-state index contributed by atoms with van der Waals surface area (Å²) in [4.78, 5) is 19.7. The van der Waals surface area contributed by atoms with Gasteiger partial charge in [0.05, 0.1) is 13.3 Å². The summed E-state index contributed by atoms with van der Waals surface area (Å²) in [5, 5.41) is 2.84. The zero-order valence-electron chi connectivity index (χ0n) is 12.5. The van der Waals surface area contributed by atoms with E-state index in [1.165, 1.54) is 24.2 Å². The molecule has 21 heavy (non-hydrogen) atoms. The Kier molecular flexibility index (Phi) is 4.87. The van der Waals surface area contributed by atoms with Crippen LogP contribution in [-0.4, -0.2) is 29.5 Å². The van der Waals surface area contributed by atoms with Crippen molar-refractivity contribution < 1.29 is 9.53 Å². The van der Waals surface area contributed by atoms with Crippen LogP contribution in [0, 0.1) is 13.8 Å². The van der Waals surface area contributed by atoms with Crippen molar-refractivity contribution in [2.45, 2.75) is 20.3 Å². The Labute approximate surface area is 124 Å². The Morgan fingerprint density at radius 2 is 2.10 bits per heavy atom. The molecule has 1 amide bonds. The van der Waals surface area contributed by atoms with Crippen molar-refractivity contribution >= 4 is 5.91 Å². The van der Waals surface area contributed by atoms with Gasteiger partial charge in [-0.3, -0.25) is 9.78 Å². The monoisotopic (exact) mass is 285 g/mol. The predicted octanol–water partition coefficient (Wildman–Crippen LogP) is 2.07. The molecule has 1 aromatic carbocycles. The van der Waals surface area contributed by atoms with Crippen molar-refractivity contribution in [2.24, 2.45) is 0 Å². The first kappa shape index (κ1) is 15.0. The van der Waals surface area contributed by atoms with Crippen molar-refractivity contribution in [3.8, 4) is 5.75 Å². The molecule has 2 aromatic rings. The summed E-state index contributed by atoms with van der Waals surface area (Å²) >= 11 is 0. The van der Waals surface area contributed by atoms with E-state index in [-0.39, 0.29) is 5.91 Å². The summed E-state index contributed by atoms with van der Waals surface area (Å²) in [6.07, 6.45) is 5.20. The Balaban J connectivity index is 1.99. The van der Waals surface area contributed by atoms with Gasteiger partial charge in [-0.2, -0.15) is 0 Å². The average molecular weight is 285 g/mol. The second-order valence-corrected chi connectivity index (χ2v) is 4.86. The van der Waals surface area contributed by atoms with Crippen LogP contribution in [0.5, 0.6) is 5.75 Å². The molecule has 5 heteroatoms. The molecule has 2 rings (SSSR count). The molecule has 110 valence electrons. The fourth-order valence-electron chi connectivity index (χ4n) is 2.27. The van der Waals surface area contributed by atoms with Gasteiger partial charge in [-0.1, -0.05) is 6.07 Å². The normalized spacial score (nSPS) is 10.2. The van der Waals surface area contributed by atoms with Crippen molar-refractivity contribution in [1.82, 2.24) is 15.3 Å². The molecular formula is C16H19N3O2. The molecule has 0 radical (unpaired) electrons. The smallest absolute Gasteiger partial charge is 0.271 e. The van der Waals surface area contributed by atoms with E-state index in [1.807, 2.05) is 13.0 Å². The average Bonchev–Trinajstić information content (AvgIpc) is 2.49. The summed E-state index contributed by atoms with van der Waals surface area (Å²) in [6.45, 7) is 4.61. The van der Waals surface area contributed by atoms with E-state index < -0.39 is 0 Å². The lowest BCUT2D eigenvalue weighted by Gasteiger charge is -2.13. The fraction of sp³-hybridized carbons (Fsp3) is 0.312. The lowest BCUT2D eigenvalue weighted by molar-refractivity contribution is 0.0948. The minimum absolute atomic E-state index is 0.216. The third-order valence-electron chi connectivity index (χ3n) is 3.25. The second kappa shape index (κ2) is 6.83. The maximum atomic E-state index is 11.9. The fourth-order valence-corrected chi connectivity index (χ4v) is 2.27. The first-order valence-corrected chi connectivity index (χ1v) is 6.80. The lowest BCUT2D eigenvalue weighted by atomic mass is 10.0. The maximum absolute atomic E-state index is 11.9. The number of nitrogens with one attached hydrogen (secondary N) is 1. The number of carbonyl (C=O) groups is 1. The molecule has 0 aliphatic carbocycles. The molecule has 0 atom stereocenters. The van der Waals surface area contributed by atoms with Crippen LogP contribution in [0.25, 0.3) is 0 Å². The van der Waals surface area contributed by atoms with E-state index in [1.54, 1.807) is 7.11 Å². The van der Waals surface area contributed by atoms with Gasteiger partial charge in [0.2, 0.25) is 0 Å². The molecule has 0 bridgehead atoms. The Bertz CT molecular complexity index is 627. The summed E-state index contributed by atoms with van der Waals surface area (Å²) < 4.78 is 5.41. The standard InChI is InChI=1S/C16H19N3O2/c1-11-8-12(2)13(15(9-11)21-3)4-5-19-16(20)14-10-17-6-7-18-14/h6-10H,4-5H2,1-3H3,(H,19,20). The number of aromatic nitrogens is 2. The highest BCUT2D eigenvalue weighted by Crippen LogP contribution is 2.24. The quantitative estimate of drug-likeness (QED) is 0.913. The first-order valence-electron chi connectivity index (χ1n) is 6.80. The minimum atomic E-state index is -0.216. The molecule has 1 N–H and O–H groups in total. The molecule has 1 heterocycles.